The highest BCUT2D eigenvalue weighted by molar-refractivity contribution is 5.92. The van der Waals surface area contributed by atoms with Gasteiger partial charge in [-0.25, -0.2) is 9.07 Å². The van der Waals surface area contributed by atoms with E-state index in [-0.39, 0.29) is 11.9 Å². The maximum atomic E-state index is 13.1. The molecule has 0 aliphatic carbocycles. The highest BCUT2D eigenvalue weighted by atomic mass is 19.1. The second-order valence-electron chi connectivity index (χ2n) is 5.20. The molecule has 1 unspecified atom stereocenters. The van der Waals surface area contributed by atoms with Crippen LogP contribution in [0.5, 0.6) is 0 Å². The number of nitrogens with zero attached hydrogens (tertiary/aromatic N) is 3. The van der Waals surface area contributed by atoms with Crippen molar-refractivity contribution in [1.82, 2.24) is 14.8 Å². The molecule has 3 heterocycles. The fraction of sp³-hybridized carbons (Fsp3) is 0.200. The number of nitrogens with two attached hydrogens (primary N) is 1. The number of aromatic nitrogens is 3. The van der Waals surface area contributed by atoms with Crippen LogP contribution in [-0.4, -0.2) is 21.3 Å². The molecule has 1 atom stereocenters. The molecule has 0 amide bonds. The zero-order chi connectivity index (χ0) is 14.4. The molecule has 0 saturated carbocycles. The Labute approximate surface area is 120 Å². The lowest BCUT2D eigenvalue weighted by molar-refractivity contribution is 0.473. The maximum Gasteiger partial charge on any atom is 0.141 e. The molecular formula is C15H14FN5. The molecule has 3 N–H and O–H groups in total. The number of nitrogens with one attached hydrogen (secondary N) is 1. The fourth-order valence-electron chi connectivity index (χ4n) is 2.83. The molecule has 3 aromatic rings. The van der Waals surface area contributed by atoms with Crippen molar-refractivity contribution in [3.8, 4) is 0 Å². The van der Waals surface area contributed by atoms with Gasteiger partial charge in [0.05, 0.1) is 23.4 Å². The number of fused-ring (bicyclic) bond motifs is 3. The van der Waals surface area contributed by atoms with Gasteiger partial charge in [-0.1, -0.05) is 0 Å². The van der Waals surface area contributed by atoms with Crippen LogP contribution in [0.3, 0.4) is 0 Å². The molecular weight excluding hydrogens is 269 g/mol. The molecule has 0 saturated heterocycles. The lowest BCUT2D eigenvalue weighted by atomic mass is 10.1. The fourth-order valence-corrected chi connectivity index (χ4v) is 2.83. The minimum Gasteiger partial charge on any atom is -0.399 e. The number of rotatable bonds is 1. The number of hydrogen-bond donors (Lipinski definition) is 2. The Balaban J connectivity index is 1.88. The monoisotopic (exact) mass is 283 g/mol. The van der Waals surface area contributed by atoms with Crippen molar-refractivity contribution >= 4 is 22.4 Å². The van der Waals surface area contributed by atoms with Gasteiger partial charge in [-0.2, -0.15) is 5.10 Å². The molecule has 2 aromatic heterocycles. The van der Waals surface area contributed by atoms with Gasteiger partial charge in [0, 0.05) is 17.6 Å². The van der Waals surface area contributed by atoms with Crippen LogP contribution in [0.2, 0.25) is 0 Å². The Bertz CT molecular complexity index is 809. The molecule has 4 rings (SSSR count). The van der Waals surface area contributed by atoms with Crippen LogP contribution >= 0.6 is 0 Å². The number of nitrogen functional groups attached to an aromatic ring is 1. The van der Waals surface area contributed by atoms with Crippen molar-refractivity contribution < 1.29 is 4.39 Å². The topological polar surface area (TPSA) is 68.8 Å². The molecule has 5 nitrogen and oxygen atoms in total. The zero-order valence-corrected chi connectivity index (χ0v) is 11.3. The van der Waals surface area contributed by atoms with Crippen LogP contribution < -0.4 is 11.1 Å². The van der Waals surface area contributed by atoms with Crippen LogP contribution in [0.4, 0.5) is 15.9 Å². The van der Waals surface area contributed by atoms with Crippen molar-refractivity contribution in [2.75, 3.05) is 17.6 Å². The third-order valence-electron chi connectivity index (χ3n) is 3.82. The van der Waals surface area contributed by atoms with Crippen molar-refractivity contribution in [3.63, 3.8) is 0 Å². The third kappa shape index (κ3) is 1.91. The van der Waals surface area contributed by atoms with Gasteiger partial charge in [0.2, 0.25) is 0 Å². The molecule has 1 aromatic carbocycles. The lowest BCUT2D eigenvalue weighted by Crippen LogP contribution is -2.25. The van der Waals surface area contributed by atoms with Crippen molar-refractivity contribution in [3.05, 3.63) is 48.0 Å². The SMILES string of the molecule is Nc1ccc2nn3c(c2c1)NCCC3c1ccc(F)cn1. The Hall–Kier alpha value is -2.63. The van der Waals surface area contributed by atoms with E-state index in [1.807, 2.05) is 22.9 Å². The summed E-state index contributed by atoms with van der Waals surface area (Å²) in [6, 6.07) is 8.83. The Morgan fingerprint density at radius 1 is 1.29 bits per heavy atom. The summed E-state index contributed by atoms with van der Waals surface area (Å²) < 4.78 is 15.0. The number of pyridine rings is 1. The van der Waals surface area contributed by atoms with Crippen LogP contribution in [0.15, 0.2) is 36.5 Å². The predicted molar refractivity (Wildman–Crippen MR) is 79.6 cm³/mol. The normalized spacial score (nSPS) is 17.5. The van der Waals surface area contributed by atoms with E-state index in [0.717, 1.165) is 35.4 Å². The molecule has 0 fully saturated rings. The molecule has 0 spiro atoms. The van der Waals surface area contributed by atoms with E-state index in [2.05, 4.69) is 15.4 Å². The molecule has 1 aliphatic heterocycles. The van der Waals surface area contributed by atoms with E-state index in [1.54, 1.807) is 6.07 Å². The van der Waals surface area contributed by atoms with Gasteiger partial charge in [0.1, 0.15) is 11.6 Å². The average Bonchev–Trinajstić information content (AvgIpc) is 2.86. The quantitative estimate of drug-likeness (QED) is 0.673. The van der Waals surface area contributed by atoms with Gasteiger partial charge >= 0.3 is 0 Å². The van der Waals surface area contributed by atoms with Gasteiger partial charge in [-0.15, -0.1) is 0 Å². The van der Waals surface area contributed by atoms with Crippen LogP contribution in [0.1, 0.15) is 18.2 Å². The zero-order valence-electron chi connectivity index (χ0n) is 11.3. The van der Waals surface area contributed by atoms with Crippen LogP contribution in [-0.2, 0) is 0 Å². The molecule has 21 heavy (non-hydrogen) atoms. The molecule has 106 valence electrons. The molecule has 0 radical (unpaired) electrons. The minimum atomic E-state index is -0.327. The van der Waals surface area contributed by atoms with Gasteiger partial charge in [-0.05, 0) is 36.8 Å². The summed E-state index contributed by atoms with van der Waals surface area (Å²) >= 11 is 0. The molecule has 6 heteroatoms. The van der Waals surface area contributed by atoms with Gasteiger partial charge in [0.25, 0.3) is 0 Å². The Morgan fingerprint density at radius 2 is 2.19 bits per heavy atom. The van der Waals surface area contributed by atoms with Crippen LogP contribution in [0.25, 0.3) is 10.9 Å². The van der Waals surface area contributed by atoms with E-state index in [4.69, 9.17) is 5.73 Å². The predicted octanol–water partition coefficient (Wildman–Crippen LogP) is 2.56. The van der Waals surface area contributed by atoms with E-state index in [0.29, 0.717) is 5.69 Å². The summed E-state index contributed by atoms with van der Waals surface area (Å²) in [5.41, 5.74) is 8.28. The second kappa shape index (κ2) is 4.44. The largest absolute Gasteiger partial charge is 0.399 e. The maximum absolute atomic E-state index is 13.1. The summed E-state index contributed by atoms with van der Waals surface area (Å²) in [5.74, 6) is 0.617. The van der Waals surface area contributed by atoms with Gasteiger partial charge in [0.15, 0.2) is 0 Å². The third-order valence-corrected chi connectivity index (χ3v) is 3.82. The summed E-state index contributed by atoms with van der Waals surface area (Å²) in [6.45, 7) is 0.819. The van der Waals surface area contributed by atoms with Gasteiger partial charge in [-0.3, -0.25) is 4.98 Å². The standard InChI is InChI=1S/C15H14FN5/c16-9-1-3-13(19-8-9)14-5-6-18-15-11-7-10(17)2-4-12(11)20-21(14)15/h1-4,7-8,14,18H,5-6,17H2. The molecule has 0 bridgehead atoms. The summed E-state index contributed by atoms with van der Waals surface area (Å²) in [5, 5.41) is 9.01. The molecule has 1 aliphatic rings. The number of benzene rings is 1. The van der Waals surface area contributed by atoms with E-state index in [1.165, 1.54) is 12.3 Å². The Kier molecular flexibility index (Phi) is 2.57. The van der Waals surface area contributed by atoms with E-state index >= 15 is 0 Å². The first kappa shape index (κ1) is 12.1. The van der Waals surface area contributed by atoms with E-state index in [9.17, 15) is 4.39 Å². The summed E-state index contributed by atoms with van der Waals surface area (Å²) in [7, 11) is 0. The van der Waals surface area contributed by atoms with Crippen LogP contribution in [0, 0.1) is 5.82 Å². The highest BCUT2D eigenvalue weighted by Gasteiger charge is 2.25. The summed E-state index contributed by atoms with van der Waals surface area (Å²) in [6.07, 6.45) is 2.10. The van der Waals surface area contributed by atoms with Crippen molar-refractivity contribution in [2.24, 2.45) is 0 Å². The lowest BCUT2D eigenvalue weighted by Gasteiger charge is -2.25. The Morgan fingerprint density at radius 3 is 3.00 bits per heavy atom. The van der Waals surface area contributed by atoms with Crippen molar-refractivity contribution in [2.45, 2.75) is 12.5 Å². The minimum absolute atomic E-state index is 0.00970. The summed E-state index contributed by atoms with van der Waals surface area (Å²) in [4.78, 5) is 4.20. The van der Waals surface area contributed by atoms with Gasteiger partial charge < -0.3 is 11.1 Å². The second-order valence-corrected chi connectivity index (χ2v) is 5.20. The smallest absolute Gasteiger partial charge is 0.141 e. The van der Waals surface area contributed by atoms with E-state index < -0.39 is 0 Å². The highest BCUT2D eigenvalue weighted by Crippen LogP contribution is 2.34. The van der Waals surface area contributed by atoms with Crippen molar-refractivity contribution in [1.29, 1.82) is 0 Å². The number of halogens is 1. The first-order valence-electron chi connectivity index (χ1n) is 6.85. The first-order valence-corrected chi connectivity index (χ1v) is 6.85. The number of anilines is 2. The average molecular weight is 283 g/mol. The number of hydrogen-bond acceptors (Lipinski definition) is 4. The first-order chi connectivity index (χ1) is 10.2.